The van der Waals surface area contributed by atoms with E-state index in [-0.39, 0.29) is 0 Å². The van der Waals surface area contributed by atoms with E-state index in [0.717, 1.165) is 0 Å². The Morgan fingerprint density at radius 2 is 2.06 bits per heavy atom. The maximum Gasteiger partial charge on any atom is 0.262 e. The van der Waals surface area contributed by atoms with Gasteiger partial charge in [0.1, 0.15) is 0 Å². The molecule has 0 spiro atoms. The third kappa shape index (κ3) is 2.60. The maximum absolute atomic E-state index is 5.80. The van der Waals surface area contributed by atoms with E-state index in [1.165, 1.54) is 0 Å². The van der Waals surface area contributed by atoms with Crippen molar-refractivity contribution in [1.82, 2.24) is 4.98 Å². The lowest BCUT2D eigenvalue weighted by Crippen LogP contribution is -1.95. The first-order valence-electron chi connectivity index (χ1n) is 4.92. The number of hydrogen-bond acceptors (Lipinski definition) is 4. The average Bonchev–Trinajstić information content (AvgIpc) is 2.33. The van der Waals surface area contributed by atoms with Crippen LogP contribution >= 0.6 is 11.6 Å². The first-order chi connectivity index (χ1) is 8.20. The highest BCUT2D eigenvalue weighted by molar-refractivity contribution is 6.30. The van der Waals surface area contributed by atoms with Crippen molar-refractivity contribution >= 4 is 17.3 Å². The number of ether oxygens (including phenoxy) is 2. The predicted molar refractivity (Wildman–Crippen MR) is 66.7 cm³/mol. The van der Waals surface area contributed by atoms with Crippen molar-refractivity contribution in [3.05, 3.63) is 41.6 Å². The fourth-order valence-electron chi connectivity index (χ4n) is 1.32. The fraction of sp³-hybridized carbons (Fsp3) is 0.0833. The number of aromatic nitrogens is 1. The summed E-state index contributed by atoms with van der Waals surface area (Å²) in [6, 6.07) is 8.52. The van der Waals surface area contributed by atoms with Gasteiger partial charge in [-0.3, -0.25) is 0 Å². The quantitative estimate of drug-likeness (QED) is 0.851. The molecule has 0 unspecified atom stereocenters. The van der Waals surface area contributed by atoms with Crippen molar-refractivity contribution in [2.75, 3.05) is 12.8 Å². The second-order valence-electron chi connectivity index (χ2n) is 3.30. The smallest absolute Gasteiger partial charge is 0.262 e. The minimum absolute atomic E-state index is 0.365. The number of nitrogens with two attached hydrogens (primary N) is 1. The Kier molecular flexibility index (Phi) is 3.35. The Hall–Kier alpha value is -1.94. The van der Waals surface area contributed by atoms with E-state index in [1.807, 2.05) is 0 Å². The standard InChI is InChI=1S/C12H11ClN2O2/c1-16-11-3-2-6-15-12(11)17-10-5-4-8(13)7-9(10)14/h2-7H,14H2,1H3. The number of halogens is 1. The van der Waals surface area contributed by atoms with Crippen LogP contribution in [0.15, 0.2) is 36.5 Å². The van der Waals surface area contributed by atoms with Crippen LogP contribution in [0, 0.1) is 0 Å². The second kappa shape index (κ2) is 4.93. The molecule has 2 aromatic rings. The first-order valence-corrected chi connectivity index (χ1v) is 5.30. The van der Waals surface area contributed by atoms with Crippen molar-refractivity contribution in [2.45, 2.75) is 0 Å². The summed E-state index contributed by atoms with van der Waals surface area (Å²) in [4.78, 5) is 4.07. The molecular weight excluding hydrogens is 240 g/mol. The van der Waals surface area contributed by atoms with E-state index in [0.29, 0.717) is 28.1 Å². The molecule has 0 aliphatic rings. The van der Waals surface area contributed by atoms with E-state index >= 15 is 0 Å². The molecule has 0 aliphatic heterocycles. The number of rotatable bonds is 3. The Morgan fingerprint density at radius 3 is 2.76 bits per heavy atom. The van der Waals surface area contributed by atoms with Crippen LogP contribution in [0.3, 0.4) is 0 Å². The molecule has 0 amide bonds. The van der Waals surface area contributed by atoms with Crippen molar-refractivity contribution < 1.29 is 9.47 Å². The number of hydrogen-bond donors (Lipinski definition) is 1. The zero-order valence-corrected chi connectivity index (χ0v) is 9.94. The molecule has 4 nitrogen and oxygen atoms in total. The number of benzene rings is 1. The zero-order chi connectivity index (χ0) is 12.3. The summed E-state index contributed by atoms with van der Waals surface area (Å²) in [5.74, 6) is 1.40. The fourth-order valence-corrected chi connectivity index (χ4v) is 1.51. The first kappa shape index (κ1) is 11.5. The van der Waals surface area contributed by atoms with Crippen molar-refractivity contribution in [2.24, 2.45) is 0 Å². The molecule has 0 aliphatic carbocycles. The van der Waals surface area contributed by atoms with Crippen molar-refractivity contribution in [3.63, 3.8) is 0 Å². The van der Waals surface area contributed by atoms with Gasteiger partial charge in [0.05, 0.1) is 12.8 Å². The summed E-state index contributed by atoms with van der Waals surface area (Å²) in [6.45, 7) is 0. The van der Waals surface area contributed by atoms with Gasteiger partial charge in [0.2, 0.25) is 0 Å². The lowest BCUT2D eigenvalue weighted by Gasteiger charge is -2.10. The molecule has 88 valence electrons. The maximum atomic E-state index is 5.80. The van der Waals surface area contributed by atoms with E-state index in [1.54, 1.807) is 43.6 Å². The van der Waals surface area contributed by atoms with Gasteiger partial charge in [-0.25, -0.2) is 4.98 Å². The van der Waals surface area contributed by atoms with Crippen LogP contribution in [0.25, 0.3) is 0 Å². The van der Waals surface area contributed by atoms with Gasteiger partial charge in [-0.2, -0.15) is 0 Å². The number of anilines is 1. The summed E-state index contributed by atoms with van der Waals surface area (Å²) in [5, 5.41) is 0.558. The van der Waals surface area contributed by atoms with Crippen LogP contribution in [0.2, 0.25) is 5.02 Å². The van der Waals surface area contributed by atoms with Crippen LogP contribution in [0.5, 0.6) is 17.4 Å². The molecule has 2 rings (SSSR count). The highest BCUT2D eigenvalue weighted by atomic mass is 35.5. The van der Waals surface area contributed by atoms with Crippen LogP contribution in [0.1, 0.15) is 0 Å². The number of pyridine rings is 1. The molecule has 2 N–H and O–H groups in total. The van der Waals surface area contributed by atoms with Crippen LogP contribution in [-0.4, -0.2) is 12.1 Å². The van der Waals surface area contributed by atoms with E-state index < -0.39 is 0 Å². The summed E-state index contributed by atoms with van der Waals surface area (Å²) in [6.07, 6.45) is 1.62. The number of methoxy groups -OCH3 is 1. The minimum Gasteiger partial charge on any atom is -0.491 e. The molecule has 0 fully saturated rings. The molecule has 1 aromatic heterocycles. The summed E-state index contributed by atoms with van der Waals surface area (Å²) < 4.78 is 10.7. The van der Waals surface area contributed by atoms with Crippen LogP contribution in [-0.2, 0) is 0 Å². The lowest BCUT2D eigenvalue weighted by atomic mass is 10.3. The number of nitrogens with zero attached hydrogens (tertiary/aromatic N) is 1. The lowest BCUT2D eigenvalue weighted by molar-refractivity contribution is 0.370. The van der Waals surface area contributed by atoms with Gasteiger partial charge in [0.25, 0.3) is 5.88 Å². The van der Waals surface area contributed by atoms with E-state index in [4.69, 9.17) is 26.8 Å². The van der Waals surface area contributed by atoms with Gasteiger partial charge in [0, 0.05) is 11.2 Å². The SMILES string of the molecule is COc1cccnc1Oc1ccc(Cl)cc1N. The molecule has 0 radical (unpaired) electrons. The Labute approximate surface area is 104 Å². The predicted octanol–water partition coefficient (Wildman–Crippen LogP) is 3.12. The van der Waals surface area contributed by atoms with Crippen LogP contribution in [0.4, 0.5) is 5.69 Å². The molecule has 17 heavy (non-hydrogen) atoms. The van der Waals surface area contributed by atoms with E-state index in [9.17, 15) is 0 Å². The number of nitrogen functional groups attached to an aromatic ring is 1. The molecule has 0 saturated carbocycles. The third-order valence-corrected chi connectivity index (χ3v) is 2.37. The highest BCUT2D eigenvalue weighted by Crippen LogP contribution is 2.32. The summed E-state index contributed by atoms with van der Waals surface area (Å²) in [5.41, 5.74) is 6.23. The zero-order valence-electron chi connectivity index (χ0n) is 9.18. The molecule has 5 heteroatoms. The van der Waals surface area contributed by atoms with Gasteiger partial charge >= 0.3 is 0 Å². The molecule has 1 aromatic carbocycles. The van der Waals surface area contributed by atoms with E-state index in [2.05, 4.69) is 4.98 Å². The summed E-state index contributed by atoms with van der Waals surface area (Å²) >= 11 is 5.80. The van der Waals surface area contributed by atoms with Gasteiger partial charge in [-0.05, 0) is 30.3 Å². The molecule has 0 bridgehead atoms. The van der Waals surface area contributed by atoms with Gasteiger partial charge in [-0.15, -0.1) is 0 Å². The highest BCUT2D eigenvalue weighted by Gasteiger charge is 2.08. The van der Waals surface area contributed by atoms with Gasteiger partial charge in [-0.1, -0.05) is 11.6 Å². The van der Waals surface area contributed by atoms with Crippen molar-refractivity contribution in [3.8, 4) is 17.4 Å². The van der Waals surface area contributed by atoms with Gasteiger partial charge in [0.15, 0.2) is 11.5 Å². The largest absolute Gasteiger partial charge is 0.491 e. The topological polar surface area (TPSA) is 57.4 Å². The molecule has 1 heterocycles. The Balaban J connectivity index is 2.31. The molecule has 0 saturated heterocycles. The second-order valence-corrected chi connectivity index (χ2v) is 3.73. The summed E-state index contributed by atoms with van der Waals surface area (Å²) in [7, 11) is 1.55. The molecular formula is C12H11ClN2O2. The van der Waals surface area contributed by atoms with Gasteiger partial charge < -0.3 is 15.2 Å². The third-order valence-electron chi connectivity index (χ3n) is 2.13. The van der Waals surface area contributed by atoms with Crippen molar-refractivity contribution in [1.29, 1.82) is 0 Å². The Morgan fingerprint density at radius 1 is 1.24 bits per heavy atom. The minimum atomic E-state index is 0.365. The monoisotopic (exact) mass is 250 g/mol. The Bertz CT molecular complexity index is 532. The van der Waals surface area contributed by atoms with Crippen LogP contribution < -0.4 is 15.2 Å². The average molecular weight is 251 g/mol. The molecule has 0 atom stereocenters. The normalized spacial score (nSPS) is 10.0.